The molecule has 0 aromatic heterocycles. The monoisotopic (exact) mass is 304 g/mol. The third kappa shape index (κ3) is 6.28. The molecule has 0 saturated carbocycles. The number of nitrogens with one attached hydrogen (secondary N) is 1. The molecule has 2 unspecified atom stereocenters. The molecule has 0 radical (unpaired) electrons. The molecule has 0 fully saturated rings. The Bertz CT molecular complexity index is 382. The molecule has 3 nitrogen and oxygen atoms in total. The first kappa shape index (κ1) is 18.2. The minimum Gasteiger partial charge on any atom is -0.354 e. The predicted octanol–water partition coefficient (Wildman–Crippen LogP) is 2.79. The van der Waals surface area contributed by atoms with Crippen LogP contribution in [0.15, 0.2) is 24.3 Å². The molecule has 0 bridgehead atoms. The van der Waals surface area contributed by atoms with E-state index in [2.05, 4.69) is 5.32 Å². The van der Waals surface area contributed by atoms with Crippen LogP contribution < -0.4 is 11.1 Å². The molecular formula is C14H22Cl2N2O. The van der Waals surface area contributed by atoms with Gasteiger partial charge in [-0.05, 0) is 30.0 Å². The molecule has 0 aliphatic heterocycles. The van der Waals surface area contributed by atoms with Gasteiger partial charge in [0.25, 0.3) is 0 Å². The SMILES string of the molecule is CCC(C)C(N)C(=O)NCCc1ccc(Cl)cc1.Cl. The lowest BCUT2D eigenvalue weighted by Crippen LogP contribution is -2.45. The molecule has 0 saturated heterocycles. The number of nitrogens with two attached hydrogens (primary N) is 1. The highest BCUT2D eigenvalue weighted by Crippen LogP contribution is 2.09. The van der Waals surface area contributed by atoms with Crippen molar-refractivity contribution in [2.45, 2.75) is 32.7 Å². The summed E-state index contributed by atoms with van der Waals surface area (Å²) in [7, 11) is 0. The van der Waals surface area contributed by atoms with Crippen LogP contribution in [-0.2, 0) is 11.2 Å². The fourth-order valence-corrected chi connectivity index (χ4v) is 1.74. The first-order chi connectivity index (χ1) is 8.54. The van der Waals surface area contributed by atoms with Gasteiger partial charge in [0.2, 0.25) is 5.91 Å². The third-order valence-electron chi connectivity index (χ3n) is 3.19. The van der Waals surface area contributed by atoms with Gasteiger partial charge in [0.05, 0.1) is 6.04 Å². The van der Waals surface area contributed by atoms with Crippen LogP contribution >= 0.6 is 24.0 Å². The standard InChI is InChI=1S/C14H21ClN2O.ClH/c1-3-10(2)13(16)14(18)17-9-8-11-4-6-12(15)7-5-11;/h4-7,10,13H,3,8-9,16H2,1-2H3,(H,17,18);1H. The van der Waals surface area contributed by atoms with Crippen molar-refractivity contribution in [3.8, 4) is 0 Å². The van der Waals surface area contributed by atoms with Gasteiger partial charge in [-0.25, -0.2) is 0 Å². The number of carbonyl (C=O) groups excluding carboxylic acids is 1. The summed E-state index contributed by atoms with van der Waals surface area (Å²) in [6.07, 6.45) is 1.70. The molecule has 1 rings (SSSR count). The van der Waals surface area contributed by atoms with Crippen LogP contribution in [0.25, 0.3) is 0 Å². The first-order valence-corrected chi connectivity index (χ1v) is 6.70. The zero-order valence-corrected chi connectivity index (χ0v) is 12.9. The van der Waals surface area contributed by atoms with E-state index in [1.165, 1.54) is 0 Å². The second-order valence-electron chi connectivity index (χ2n) is 4.58. The Morgan fingerprint density at radius 3 is 2.47 bits per heavy atom. The van der Waals surface area contributed by atoms with Crippen LogP contribution in [0.5, 0.6) is 0 Å². The van der Waals surface area contributed by atoms with Gasteiger partial charge >= 0.3 is 0 Å². The topological polar surface area (TPSA) is 55.1 Å². The molecule has 19 heavy (non-hydrogen) atoms. The molecule has 0 heterocycles. The smallest absolute Gasteiger partial charge is 0.237 e. The largest absolute Gasteiger partial charge is 0.354 e. The van der Waals surface area contributed by atoms with E-state index in [9.17, 15) is 4.79 Å². The summed E-state index contributed by atoms with van der Waals surface area (Å²) in [5.74, 6) is 0.138. The fraction of sp³-hybridized carbons (Fsp3) is 0.500. The summed E-state index contributed by atoms with van der Waals surface area (Å²) in [6, 6.07) is 7.21. The summed E-state index contributed by atoms with van der Waals surface area (Å²) in [5, 5.41) is 3.59. The maximum absolute atomic E-state index is 11.7. The van der Waals surface area contributed by atoms with Crippen LogP contribution in [0, 0.1) is 5.92 Å². The quantitative estimate of drug-likeness (QED) is 0.849. The zero-order chi connectivity index (χ0) is 13.5. The lowest BCUT2D eigenvalue weighted by Gasteiger charge is -2.17. The Kier molecular flexibility index (Phi) is 8.81. The second kappa shape index (κ2) is 9.18. The Labute approximate surface area is 126 Å². The van der Waals surface area contributed by atoms with E-state index in [1.807, 2.05) is 38.1 Å². The summed E-state index contributed by atoms with van der Waals surface area (Å²) in [5.41, 5.74) is 6.99. The molecular weight excluding hydrogens is 283 g/mol. The maximum atomic E-state index is 11.7. The molecule has 0 aliphatic carbocycles. The number of rotatable bonds is 6. The molecule has 1 aromatic carbocycles. The molecule has 108 valence electrons. The van der Waals surface area contributed by atoms with Crippen LogP contribution in [0.1, 0.15) is 25.8 Å². The van der Waals surface area contributed by atoms with Gasteiger partial charge in [0.1, 0.15) is 0 Å². The number of halogens is 2. The fourth-order valence-electron chi connectivity index (χ4n) is 1.61. The predicted molar refractivity (Wildman–Crippen MR) is 82.8 cm³/mol. The molecule has 1 amide bonds. The van der Waals surface area contributed by atoms with Gasteiger partial charge in [-0.2, -0.15) is 0 Å². The Morgan fingerprint density at radius 1 is 1.37 bits per heavy atom. The summed E-state index contributed by atoms with van der Waals surface area (Å²) in [4.78, 5) is 11.7. The highest BCUT2D eigenvalue weighted by atomic mass is 35.5. The zero-order valence-electron chi connectivity index (χ0n) is 11.4. The average Bonchev–Trinajstić information content (AvgIpc) is 2.39. The Hall–Kier alpha value is -0.770. The van der Waals surface area contributed by atoms with E-state index in [4.69, 9.17) is 17.3 Å². The molecule has 0 aliphatic rings. The number of amides is 1. The van der Waals surface area contributed by atoms with Crippen molar-refractivity contribution in [2.75, 3.05) is 6.54 Å². The van der Waals surface area contributed by atoms with Gasteiger partial charge in [-0.15, -0.1) is 12.4 Å². The van der Waals surface area contributed by atoms with E-state index < -0.39 is 6.04 Å². The Balaban J connectivity index is 0.00000324. The highest BCUT2D eigenvalue weighted by molar-refractivity contribution is 6.30. The summed E-state index contributed by atoms with van der Waals surface area (Å²) < 4.78 is 0. The van der Waals surface area contributed by atoms with Crippen LogP contribution in [-0.4, -0.2) is 18.5 Å². The van der Waals surface area contributed by atoms with Crippen molar-refractivity contribution >= 4 is 29.9 Å². The van der Waals surface area contributed by atoms with Crippen molar-refractivity contribution in [2.24, 2.45) is 11.7 Å². The molecule has 2 atom stereocenters. The molecule has 0 spiro atoms. The summed E-state index contributed by atoms with van der Waals surface area (Å²) in [6.45, 7) is 4.62. The van der Waals surface area contributed by atoms with E-state index >= 15 is 0 Å². The van der Waals surface area contributed by atoms with Gasteiger partial charge in [-0.3, -0.25) is 4.79 Å². The number of hydrogen-bond donors (Lipinski definition) is 2. The third-order valence-corrected chi connectivity index (χ3v) is 3.44. The van der Waals surface area contributed by atoms with Crippen molar-refractivity contribution in [1.82, 2.24) is 5.32 Å². The lowest BCUT2D eigenvalue weighted by atomic mass is 9.99. The molecule has 1 aromatic rings. The van der Waals surface area contributed by atoms with Crippen molar-refractivity contribution in [3.63, 3.8) is 0 Å². The minimum atomic E-state index is -0.416. The van der Waals surface area contributed by atoms with E-state index in [-0.39, 0.29) is 24.2 Å². The first-order valence-electron chi connectivity index (χ1n) is 6.32. The number of benzene rings is 1. The van der Waals surface area contributed by atoms with E-state index in [0.29, 0.717) is 6.54 Å². The minimum absolute atomic E-state index is 0. The van der Waals surface area contributed by atoms with Crippen molar-refractivity contribution < 1.29 is 4.79 Å². The van der Waals surface area contributed by atoms with E-state index in [1.54, 1.807) is 0 Å². The lowest BCUT2D eigenvalue weighted by molar-refractivity contribution is -0.123. The highest BCUT2D eigenvalue weighted by Gasteiger charge is 2.18. The second-order valence-corrected chi connectivity index (χ2v) is 5.02. The molecule has 5 heteroatoms. The van der Waals surface area contributed by atoms with Gasteiger partial charge < -0.3 is 11.1 Å². The van der Waals surface area contributed by atoms with Crippen LogP contribution in [0.3, 0.4) is 0 Å². The van der Waals surface area contributed by atoms with Crippen LogP contribution in [0.2, 0.25) is 5.02 Å². The van der Waals surface area contributed by atoms with E-state index in [0.717, 1.165) is 23.4 Å². The van der Waals surface area contributed by atoms with Gasteiger partial charge in [0.15, 0.2) is 0 Å². The normalized spacial score (nSPS) is 13.3. The average molecular weight is 305 g/mol. The number of hydrogen-bond acceptors (Lipinski definition) is 2. The Morgan fingerprint density at radius 2 is 1.95 bits per heavy atom. The van der Waals surface area contributed by atoms with Crippen LogP contribution in [0.4, 0.5) is 0 Å². The van der Waals surface area contributed by atoms with Crippen molar-refractivity contribution in [1.29, 1.82) is 0 Å². The summed E-state index contributed by atoms with van der Waals surface area (Å²) >= 11 is 5.80. The maximum Gasteiger partial charge on any atom is 0.237 e. The molecule has 3 N–H and O–H groups in total. The number of carbonyl (C=O) groups is 1. The van der Waals surface area contributed by atoms with Crippen molar-refractivity contribution in [3.05, 3.63) is 34.9 Å². The van der Waals surface area contributed by atoms with Gasteiger partial charge in [0, 0.05) is 11.6 Å². The van der Waals surface area contributed by atoms with Gasteiger partial charge in [-0.1, -0.05) is 44.0 Å².